The third kappa shape index (κ3) is 0.418. The first kappa shape index (κ1) is 5.67. The van der Waals surface area contributed by atoms with Crippen LogP contribution < -0.4 is 0 Å². The maximum Gasteiger partial charge on any atom is -0.0349 e. The molecule has 0 aliphatic heterocycles. The van der Waals surface area contributed by atoms with E-state index in [-0.39, 0.29) is 0 Å². The molecular formula is C12H16. The van der Waals surface area contributed by atoms with Crippen LogP contribution in [0.3, 0.4) is 0 Å². The van der Waals surface area contributed by atoms with Gasteiger partial charge < -0.3 is 0 Å². The Balaban J connectivity index is 1.51. The van der Waals surface area contributed by atoms with E-state index in [1.165, 1.54) is 47.3 Å². The molecule has 5 rings (SSSR count). The number of hydrogen-bond donors (Lipinski definition) is 0. The summed E-state index contributed by atoms with van der Waals surface area (Å²) in [5, 5.41) is 0. The zero-order valence-corrected chi connectivity index (χ0v) is 7.45. The molecule has 0 heterocycles. The molecule has 5 saturated carbocycles. The molecule has 0 N–H and O–H groups in total. The lowest BCUT2D eigenvalue weighted by molar-refractivity contribution is -0.0342. The third-order valence-corrected chi connectivity index (χ3v) is 6.17. The van der Waals surface area contributed by atoms with Gasteiger partial charge in [-0.3, -0.25) is 0 Å². The molecule has 5 fully saturated rings. The molecule has 0 unspecified atom stereocenters. The van der Waals surface area contributed by atoms with E-state index in [0.29, 0.717) is 0 Å². The Morgan fingerprint density at radius 1 is 0.333 bits per heavy atom. The van der Waals surface area contributed by atoms with Gasteiger partial charge in [-0.1, -0.05) is 0 Å². The Kier molecular flexibility index (Phi) is 0.663. The highest BCUT2D eigenvalue weighted by atomic mass is 14.8. The molecule has 0 bridgehead atoms. The van der Waals surface area contributed by atoms with Gasteiger partial charge in [0.15, 0.2) is 0 Å². The standard InChI is InChI=1S/C12H16/c1-5-7(11-3-9(5)11)2-8-6(1)10-4-12(8)10/h5-12H,1-4H2. The van der Waals surface area contributed by atoms with E-state index in [1.54, 1.807) is 25.7 Å². The normalized spacial score (nSPS) is 80.0. The first-order valence-corrected chi connectivity index (χ1v) is 5.93. The fourth-order valence-electron chi connectivity index (χ4n) is 5.45. The highest BCUT2D eigenvalue weighted by molar-refractivity contribution is 5.19. The predicted octanol–water partition coefficient (Wildman–Crippen LogP) is 2.54. The van der Waals surface area contributed by atoms with Gasteiger partial charge in [-0.05, 0) is 73.0 Å². The van der Waals surface area contributed by atoms with Gasteiger partial charge in [-0.2, -0.15) is 0 Å². The highest BCUT2D eigenvalue weighted by Crippen LogP contribution is 2.77. The largest absolute Gasteiger partial charge is 0.0465 e. The van der Waals surface area contributed by atoms with Gasteiger partial charge in [0.1, 0.15) is 0 Å². The monoisotopic (exact) mass is 160 g/mol. The molecule has 0 heteroatoms. The van der Waals surface area contributed by atoms with E-state index in [4.69, 9.17) is 0 Å². The van der Waals surface area contributed by atoms with Crippen molar-refractivity contribution in [3.05, 3.63) is 0 Å². The first-order chi connectivity index (χ1) is 5.93. The molecule has 0 aromatic heterocycles. The van der Waals surface area contributed by atoms with Gasteiger partial charge in [0.05, 0.1) is 0 Å². The average molecular weight is 160 g/mol. The van der Waals surface area contributed by atoms with Crippen molar-refractivity contribution in [1.82, 2.24) is 0 Å². The maximum atomic E-state index is 1.68. The van der Waals surface area contributed by atoms with Crippen molar-refractivity contribution in [3.8, 4) is 0 Å². The van der Waals surface area contributed by atoms with Crippen molar-refractivity contribution in [2.45, 2.75) is 25.7 Å². The lowest BCUT2D eigenvalue weighted by Gasteiger charge is -2.52. The Morgan fingerprint density at radius 3 is 0.667 bits per heavy atom. The van der Waals surface area contributed by atoms with Crippen LogP contribution in [-0.4, -0.2) is 0 Å². The minimum Gasteiger partial charge on any atom is -0.0465 e. The van der Waals surface area contributed by atoms with Gasteiger partial charge in [-0.25, -0.2) is 0 Å². The highest BCUT2D eigenvalue weighted by Gasteiger charge is 2.70. The maximum absolute atomic E-state index is 1.68. The van der Waals surface area contributed by atoms with E-state index in [0.717, 1.165) is 0 Å². The Morgan fingerprint density at radius 2 is 0.500 bits per heavy atom. The lowest BCUT2D eigenvalue weighted by Crippen LogP contribution is -2.45. The van der Waals surface area contributed by atoms with Crippen LogP contribution in [0.2, 0.25) is 0 Å². The van der Waals surface area contributed by atoms with E-state index in [9.17, 15) is 0 Å². The topological polar surface area (TPSA) is 0 Å². The Labute approximate surface area is 73.7 Å². The van der Waals surface area contributed by atoms with Crippen LogP contribution in [0.25, 0.3) is 0 Å². The summed E-state index contributed by atoms with van der Waals surface area (Å²) in [5.41, 5.74) is 0. The summed E-state index contributed by atoms with van der Waals surface area (Å²) in [6, 6.07) is 0. The molecule has 5 aliphatic rings. The van der Waals surface area contributed by atoms with Crippen LogP contribution >= 0.6 is 0 Å². The van der Waals surface area contributed by atoms with E-state index < -0.39 is 0 Å². The second-order valence-electron chi connectivity index (χ2n) is 6.25. The molecule has 12 heavy (non-hydrogen) atoms. The number of fused-ring (bicyclic) bond motifs is 8. The molecule has 5 aliphatic carbocycles. The molecule has 0 saturated heterocycles. The van der Waals surface area contributed by atoms with Crippen molar-refractivity contribution >= 4 is 0 Å². The zero-order chi connectivity index (χ0) is 7.45. The Hall–Kier alpha value is 0. The Bertz CT molecular complexity index is 217. The van der Waals surface area contributed by atoms with E-state index in [1.807, 2.05) is 0 Å². The quantitative estimate of drug-likeness (QED) is 0.511. The van der Waals surface area contributed by atoms with Crippen molar-refractivity contribution < 1.29 is 0 Å². The molecule has 64 valence electrons. The van der Waals surface area contributed by atoms with Crippen molar-refractivity contribution in [2.24, 2.45) is 47.3 Å². The van der Waals surface area contributed by atoms with Crippen molar-refractivity contribution in [2.75, 3.05) is 0 Å². The minimum absolute atomic E-state index is 1.25. The van der Waals surface area contributed by atoms with Crippen LogP contribution in [0.4, 0.5) is 0 Å². The van der Waals surface area contributed by atoms with E-state index in [2.05, 4.69) is 0 Å². The number of hydrogen-bond acceptors (Lipinski definition) is 0. The van der Waals surface area contributed by atoms with Crippen molar-refractivity contribution in [1.29, 1.82) is 0 Å². The second-order valence-corrected chi connectivity index (χ2v) is 6.25. The fraction of sp³-hybridized carbons (Fsp3) is 1.00. The molecular weight excluding hydrogens is 144 g/mol. The van der Waals surface area contributed by atoms with Crippen LogP contribution in [0.1, 0.15) is 25.7 Å². The summed E-state index contributed by atoms with van der Waals surface area (Å²) in [7, 11) is 0. The van der Waals surface area contributed by atoms with Gasteiger partial charge in [0.25, 0.3) is 0 Å². The SMILES string of the molecule is C1C2C1C1CC3C4CC4C3CC21. The van der Waals surface area contributed by atoms with Crippen molar-refractivity contribution in [3.63, 3.8) is 0 Å². The second kappa shape index (κ2) is 1.40. The number of rotatable bonds is 0. The summed E-state index contributed by atoms with van der Waals surface area (Å²) in [6.07, 6.45) is 6.64. The zero-order valence-electron chi connectivity index (χ0n) is 7.45. The summed E-state index contributed by atoms with van der Waals surface area (Å²) in [5.74, 6) is 10.0. The average Bonchev–Trinajstić information content (AvgIpc) is 2.89. The molecule has 0 radical (unpaired) electrons. The van der Waals surface area contributed by atoms with Gasteiger partial charge in [0.2, 0.25) is 0 Å². The predicted molar refractivity (Wildman–Crippen MR) is 46.4 cm³/mol. The van der Waals surface area contributed by atoms with Crippen LogP contribution in [0, 0.1) is 47.3 Å². The smallest absolute Gasteiger partial charge is 0.0349 e. The summed E-state index contributed by atoms with van der Waals surface area (Å²) >= 11 is 0. The van der Waals surface area contributed by atoms with Gasteiger partial charge in [-0.15, -0.1) is 0 Å². The lowest BCUT2D eigenvalue weighted by atomic mass is 9.53. The molecule has 0 atom stereocenters. The first-order valence-electron chi connectivity index (χ1n) is 5.93. The van der Waals surface area contributed by atoms with Crippen LogP contribution in [0.15, 0.2) is 0 Å². The third-order valence-electron chi connectivity index (χ3n) is 6.17. The minimum atomic E-state index is 1.25. The van der Waals surface area contributed by atoms with Gasteiger partial charge >= 0.3 is 0 Å². The molecule has 0 nitrogen and oxygen atoms in total. The van der Waals surface area contributed by atoms with Crippen LogP contribution in [0.5, 0.6) is 0 Å². The molecule has 0 aromatic carbocycles. The van der Waals surface area contributed by atoms with Gasteiger partial charge in [0, 0.05) is 0 Å². The van der Waals surface area contributed by atoms with Crippen LogP contribution in [-0.2, 0) is 0 Å². The summed E-state index contributed by atoms with van der Waals surface area (Å²) in [6.45, 7) is 0. The molecule has 0 spiro atoms. The summed E-state index contributed by atoms with van der Waals surface area (Å²) < 4.78 is 0. The molecule has 0 aromatic rings. The fourth-order valence-corrected chi connectivity index (χ4v) is 5.45. The molecule has 0 amide bonds. The van der Waals surface area contributed by atoms with E-state index >= 15 is 0 Å². The summed E-state index contributed by atoms with van der Waals surface area (Å²) in [4.78, 5) is 0.